The van der Waals surface area contributed by atoms with Crippen LogP contribution >= 0.6 is 0 Å². The number of aromatic hydroxyl groups is 1. The number of nitrogens with one attached hydrogen (secondary N) is 1. The van der Waals surface area contributed by atoms with Crippen molar-refractivity contribution in [2.45, 2.75) is 19.6 Å². The van der Waals surface area contributed by atoms with Gasteiger partial charge in [-0.15, -0.1) is 0 Å². The molecule has 0 radical (unpaired) electrons. The van der Waals surface area contributed by atoms with Gasteiger partial charge in [-0.05, 0) is 60.0 Å². The third-order valence-corrected chi connectivity index (χ3v) is 4.88. The number of carbonyl (C=O) groups excluding carboxylic acids is 2. The van der Waals surface area contributed by atoms with Crippen LogP contribution in [0.5, 0.6) is 17.2 Å². The molecule has 158 valence electrons. The Labute approximate surface area is 179 Å². The Morgan fingerprint density at radius 3 is 2.32 bits per heavy atom. The van der Waals surface area contributed by atoms with Crippen LogP contribution in [0.4, 0.5) is 0 Å². The Bertz CT molecular complexity index is 1090. The highest BCUT2D eigenvalue weighted by molar-refractivity contribution is 5.92. The molecule has 1 atom stereocenters. The largest absolute Gasteiger partial charge is 0.508 e. The molecule has 3 aromatic rings. The second-order valence-corrected chi connectivity index (χ2v) is 7.08. The van der Waals surface area contributed by atoms with Gasteiger partial charge >= 0.3 is 5.97 Å². The molecule has 0 bridgehead atoms. The van der Waals surface area contributed by atoms with Gasteiger partial charge in [0, 0.05) is 6.54 Å². The first-order valence-corrected chi connectivity index (χ1v) is 9.76. The maximum atomic E-state index is 12.4. The Balaban J connectivity index is 1.31. The van der Waals surface area contributed by atoms with Crippen LogP contribution in [0.15, 0.2) is 66.7 Å². The molecule has 0 aromatic heterocycles. The van der Waals surface area contributed by atoms with Crippen molar-refractivity contribution in [2.75, 3.05) is 6.79 Å². The van der Waals surface area contributed by atoms with Gasteiger partial charge in [0.15, 0.2) is 17.6 Å². The molecule has 7 heteroatoms. The second kappa shape index (κ2) is 8.79. The average Bonchev–Trinajstić information content (AvgIpc) is 3.26. The minimum atomic E-state index is -0.946. The van der Waals surface area contributed by atoms with Crippen LogP contribution in [0, 0.1) is 0 Å². The zero-order chi connectivity index (χ0) is 21.8. The summed E-state index contributed by atoms with van der Waals surface area (Å²) in [6.45, 7) is 1.99. The van der Waals surface area contributed by atoms with Crippen LogP contribution in [0.1, 0.15) is 22.8 Å². The molecular weight excluding hydrogens is 398 g/mol. The number of ether oxygens (including phenoxy) is 3. The normalized spacial score (nSPS) is 12.8. The molecule has 1 aliphatic heterocycles. The molecule has 31 heavy (non-hydrogen) atoms. The van der Waals surface area contributed by atoms with Crippen molar-refractivity contribution in [2.24, 2.45) is 0 Å². The molecule has 0 spiro atoms. The van der Waals surface area contributed by atoms with Crippen LogP contribution in [-0.4, -0.2) is 29.9 Å². The molecule has 1 aliphatic rings. The molecule has 1 unspecified atom stereocenters. The highest BCUT2D eigenvalue weighted by atomic mass is 16.7. The summed E-state index contributed by atoms with van der Waals surface area (Å²) in [4.78, 5) is 24.7. The van der Waals surface area contributed by atoms with Crippen LogP contribution in [0.25, 0.3) is 11.1 Å². The first-order chi connectivity index (χ1) is 15.0. The second-order valence-electron chi connectivity index (χ2n) is 7.08. The molecule has 0 fully saturated rings. The highest BCUT2D eigenvalue weighted by Crippen LogP contribution is 2.32. The first-order valence-electron chi connectivity index (χ1n) is 9.76. The Morgan fingerprint density at radius 1 is 0.968 bits per heavy atom. The standard InChI is InChI=1S/C24H21NO6/c1-15(23(27)25-13-16-2-11-21-22(12-16)30-14-29-21)31-24(28)19-5-3-17(4-6-19)18-7-9-20(26)10-8-18/h2-12,15,26H,13-14H2,1H3,(H,25,27). The fraction of sp³-hybridized carbons (Fsp3) is 0.167. The minimum absolute atomic E-state index is 0.189. The molecule has 2 N–H and O–H groups in total. The fourth-order valence-electron chi connectivity index (χ4n) is 3.12. The van der Waals surface area contributed by atoms with E-state index in [0.29, 0.717) is 17.1 Å². The van der Waals surface area contributed by atoms with E-state index in [4.69, 9.17) is 14.2 Å². The Morgan fingerprint density at radius 2 is 1.61 bits per heavy atom. The van der Waals surface area contributed by atoms with Crippen LogP contribution in [-0.2, 0) is 16.1 Å². The summed E-state index contributed by atoms with van der Waals surface area (Å²) in [7, 11) is 0. The fourth-order valence-corrected chi connectivity index (χ4v) is 3.12. The predicted octanol–water partition coefficient (Wildman–Crippen LogP) is 3.65. The van der Waals surface area contributed by atoms with Gasteiger partial charge in [-0.25, -0.2) is 4.79 Å². The zero-order valence-electron chi connectivity index (χ0n) is 16.8. The Hall–Kier alpha value is -4.00. The lowest BCUT2D eigenvalue weighted by molar-refractivity contribution is -0.129. The third-order valence-electron chi connectivity index (χ3n) is 4.88. The van der Waals surface area contributed by atoms with Crippen molar-refractivity contribution in [1.82, 2.24) is 5.32 Å². The average molecular weight is 419 g/mol. The molecule has 0 saturated heterocycles. The summed E-state index contributed by atoms with van der Waals surface area (Å²) >= 11 is 0. The van der Waals surface area contributed by atoms with E-state index in [-0.39, 0.29) is 19.1 Å². The number of hydrogen-bond acceptors (Lipinski definition) is 6. The van der Waals surface area contributed by atoms with Crippen molar-refractivity contribution < 1.29 is 28.9 Å². The molecular formula is C24H21NO6. The number of benzene rings is 3. The lowest BCUT2D eigenvalue weighted by atomic mass is 10.0. The van der Waals surface area contributed by atoms with E-state index in [2.05, 4.69) is 5.32 Å². The maximum Gasteiger partial charge on any atom is 0.338 e. The van der Waals surface area contributed by atoms with E-state index in [0.717, 1.165) is 16.7 Å². The maximum absolute atomic E-state index is 12.4. The molecule has 0 saturated carbocycles. The van der Waals surface area contributed by atoms with Crippen molar-refractivity contribution in [1.29, 1.82) is 0 Å². The van der Waals surface area contributed by atoms with Crippen molar-refractivity contribution in [3.8, 4) is 28.4 Å². The lowest BCUT2D eigenvalue weighted by Gasteiger charge is -2.14. The van der Waals surface area contributed by atoms with Gasteiger partial charge in [-0.1, -0.05) is 30.3 Å². The zero-order valence-corrected chi connectivity index (χ0v) is 16.8. The van der Waals surface area contributed by atoms with Gasteiger partial charge in [-0.2, -0.15) is 0 Å². The highest BCUT2D eigenvalue weighted by Gasteiger charge is 2.19. The number of esters is 1. The number of rotatable bonds is 6. The van der Waals surface area contributed by atoms with Gasteiger partial charge in [0.2, 0.25) is 6.79 Å². The smallest absolute Gasteiger partial charge is 0.338 e. The summed E-state index contributed by atoms with van der Waals surface area (Å²) < 4.78 is 15.9. The SMILES string of the molecule is CC(OC(=O)c1ccc(-c2ccc(O)cc2)cc1)C(=O)NCc1ccc2c(c1)OCO2. The van der Waals surface area contributed by atoms with Crippen molar-refractivity contribution in [3.05, 3.63) is 77.9 Å². The molecule has 4 rings (SSSR count). The Kier molecular flexibility index (Phi) is 5.75. The van der Waals surface area contributed by atoms with Gasteiger partial charge in [0.25, 0.3) is 5.91 Å². The number of amides is 1. The van der Waals surface area contributed by atoms with Gasteiger partial charge in [-0.3, -0.25) is 4.79 Å². The summed E-state index contributed by atoms with van der Waals surface area (Å²) in [5.41, 5.74) is 3.00. The van der Waals surface area contributed by atoms with Crippen LogP contribution in [0.3, 0.4) is 0 Å². The summed E-state index contributed by atoms with van der Waals surface area (Å²) in [5.74, 6) is 0.528. The molecule has 1 heterocycles. The molecule has 3 aromatic carbocycles. The van der Waals surface area contributed by atoms with E-state index in [1.54, 1.807) is 60.7 Å². The van der Waals surface area contributed by atoms with E-state index < -0.39 is 18.0 Å². The third kappa shape index (κ3) is 4.78. The van der Waals surface area contributed by atoms with Crippen LogP contribution in [0.2, 0.25) is 0 Å². The first kappa shape index (κ1) is 20.3. The number of phenolic OH excluding ortho intramolecular Hbond substituents is 1. The summed E-state index contributed by atoms with van der Waals surface area (Å²) in [5, 5.41) is 12.1. The van der Waals surface area contributed by atoms with Crippen molar-refractivity contribution in [3.63, 3.8) is 0 Å². The van der Waals surface area contributed by atoms with E-state index in [1.165, 1.54) is 6.92 Å². The van der Waals surface area contributed by atoms with Crippen molar-refractivity contribution >= 4 is 11.9 Å². The van der Waals surface area contributed by atoms with Gasteiger partial charge in [0.1, 0.15) is 5.75 Å². The minimum Gasteiger partial charge on any atom is -0.508 e. The topological polar surface area (TPSA) is 94.1 Å². The summed E-state index contributed by atoms with van der Waals surface area (Å²) in [6.07, 6.45) is -0.946. The van der Waals surface area contributed by atoms with Gasteiger partial charge in [0.05, 0.1) is 5.56 Å². The molecule has 0 aliphatic carbocycles. The lowest BCUT2D eigenvalue weighted by Crippen LogP contribution is -2.35. The number of fused-ring (bicyclic) bond motifs is 1. The predicted molar refractivity (Wildman–Crippen MR) is 113 cm³/mol. The van der Waals surface area contributed by atoms with E-state index >= 15 is 0 Å². The van der Waals surface area contributed by atoms with E-state index in [1.807, 2.05) is 6.07 Å². The van der Waals surface area contributed by atoms with E-state index in [9.17, 15) is 14.7 Å². The molecule has 1 amide bonds. The summed E-state index contributed by atoms with van der Waals surface area (Å²) in [6, 6.07) is 19.0. The van der Waals surface area contributed by atoms with Crippen LogP contribution < -0.4 is 14.8 Å². The number of phenols is 1. The number of carbonyl (C=O) groups is 2. The quantitative estimate of drug-likeness (QED) is 0.593. The molecule has 7 nitrogen and oxygen atoms in total. The number of hydrogen-bond donors (Lipinski definition) is 2. The van der Waals surface area contributed by atoms with Gasteiger partial charge < -0.3 is 24.6 Å². The monoisotopic (exact) mass is 419 g/mol.